The molecule has 0 aliphatic carbocycles. The lowest BCUT2D eigenvalue weighted by Gasteiger charge is -2.44. The number of esters is 9. The highest BCUT2D eigenvalue weighted by Gasteiger charge is 2.55. The van der Waals surface area contributed by atoms with Crippen LogP contribution in [0.15, 0.2) is 0 Å². The Hall–Kier alpha value is -9.81. The minimum Gasteiger partial charge on any atom is -0.463 e. The lowest BCUT2D eigenvalue weighted by atomic mass is 9.96. The van der Waals surface area contributed by atoms with Gasteiger partial charge >= 0.3 is 53.7 Å². The van der Waals surface area contributed by atoms with E-state index in [1.165, 1.54) is 0 Å². The molecule has 0 radical (unpaired) electrons. The van der Waals surface area contributed by atoms with Gasteiger partial charge in [0.05, 0.1) is 164 Å². The molecule has 0 bridgehead atoms. The zero-order chi connectivity index (χ0) is 105. The zero-order valence-electron chi connectivity index (χ0n) is 83.6. The van der Waals surface area contributed by atoms with Gasteiger partial charge in [0, 0.05) is 134 Å². The average Bonchev–Trinajstić information content (AvgIpc) is 0.793. The van der Waals surface area contributed by atoms with Crippen molar-refractivity contribution in [3.63, 3.8) is 0 Å². The molecule has 3 heterocycles. The molecule has 0 aromatic rings. The van der Waals surface area contributed by atoms with Crippen molar-refractivity contribution in [2.24, 2.45) is 0 Å². The largest absolute Gasteiger partial charge is 0.463 e. The molecular formula is C88H145N10O43P. The number of rotatable bonds is 74. The van der Waals surface area contributed by atoms with Gasteiger partial charge in [-0.3, -0.25) is 81.5 Å². The van der Waals surface area contributed by atoms with E-state index in [0.717, 1.165) is 83.1 Å². The molecule has 3 aliphatic heterocycles. The number of ether oxygens (including phenoxy) is 24. The summed E-state index contributed by atoms with van der Waals surface area (Å²) in [5, 5.41) is 29.8. The Bertz CT molecular complexity index is 3890. The van der Waals surface area contributed by atoms with Crippen molar-refractivity contribution in [3.05, 3.63) is 0 Å². The summed E-state index contributed by atoms with van der Waals surface area (Å²) in [7, 11) is -1.37. The van der Waals surface area contributed by atoms with Crippen molar-refractivity contribution in [3.8, 4) is 6.07 Å². The molecule has 3 saturated heterocycles. The Morgan fingerprint density at radius 1 is 0.317 bits per heavy atom. The van der Waals surface area contributed by atoms with Crippen molar-refractivity contribution in [2.75, 3.05) is 191 Å². The Balaban J connectivity index is 1.76. The van der Waals surface area contributed by atoms with Gasteiger partial charge in [0.1, 0.15) is 68.3 Å². The predicted molar refractivity (Wildman–Crippen MR) is 484 cm³/mol. The molecule has 8 amide bonds. The molecule has 3 rings (SSSR count). The van der Waals surface area contributed by atoms with Gasteiger partial charge in [0.15, 0.2) is 55.5 Å². The van der Waals surface area contributed by atoms with Crippen LogP contribution in [0.3, 0.4) is 0 Å². The van der Waals surface area contributed by atoms with E-state index in [0.29, 0.717) is 46.2 Å². The zero-order valence-corrected chi connectivity index (χ0v) is 84.5. The molecule has 18 atom stereocenters. The molecule has 0 spiro atoms. The van der Waals surface area contributed by atoms with Gasteiger partial charge in [-0.15, -0.1) is 0 Å². The summed E-state index contributed by atoms with van der Waals surface area (Å²) in [6.45, 7) is 20.8. The van der Waals surface area contributed by atoms with E-state index >= 15 is 0 Å². The van der Waals surface area contributed by atoms with Crippen LogP contribution in [0.5, 0.6) is 0 Å². The minimum atomic E-state index is -1.47. The second-order valence-corrected chi connectivity index (χ2v) is 33.6. The maximum Gasteiger partial charge on any atom is 0.303 e. The molecule has 810 valence electrons. The Morgan fingerprint density at radius 2 is 0.585 bits per heavy atom. The van der Waals surface area contributed by atoms with Crippen LogP contribution >= 0.6 is 8.53 Å². The van der Waals surface area contributed by atoms with Crippen LogP contribution < -0.4 is 42.5 Å². The van der Waals surface area contributed by atoms with Crippen LogP contribution in [0.1, 0.15) is 149 Å². The summed E-state index contributed by atoms with van der Waals surface area (Å²) in [4.78, 5) is 217. The van der Waals surface area contributed by atoms with Crippen LogP contribution in [0, 0.1) is 11.3 Å². The summed E-state index contributed by atoms with van der Waals surface area (Å²) in [5.74, 6) is -12.8. The Morgan fingerprint density at radius 3 is 0.880 bits per heavy atom. The summed E-state index contributed by atoms with van der Waals surface area (Å²) < 4.78 is 149. The molecule has 54 heteroatoms. The van der Waals surface area contributed by atoms with Crippen LogP contribution in [-0.2, 0) is 204 Å². The first-order valence-electron chi connectivity index (χ1n) is 46.5. The smallest absolute Gasteiger partial charge is 0.303 e. The number of nitriles is 1. The number of carbonyl (C=O) groups is 17. The van der Waals surface area contributed by atoms with E-state index in [-0.39, 0.29) is 157 Å². The average molecular weight is 2060 g/mol. The third-order valence-electron chi connectivity index (χ3n) is 19.5. The fourth-order valence-electron chi connectivity index (χ4n) is 13.8. The molecule has 1 unspecified atom stereocenters. The summed E-state index contributed by atoms with van der Waals surface area (Å²) in [5.41, 5.74) is 0. The Labute approximate surface area is 825 Å². The standard InChI is InChI=1S/C88H145N10O43P/c1-53(2)98(54(3)4)142(131-27-17-23-89)132-49-45-124-41-40-123-39-38-122-37-36-121-35-34-120-33-32-116-28-22-74(113)97-68(85(115)92-26-31-119-44-48-127-88-77(95-57(7)101)83(138-66(16)110)80(135-63(13)107)71(141-88)52-130-60(10)104)19-21-73(112)96-67(84(114)91-25-30-118-43-47-126-87-76(94-56(6)100)82(137-65(15)109)79(134-62(12)106)70(140-87)51-129-59(9)103)18-20-72(111)90-24-29-117-42-46-125-86-75(93-55(5)99)81(136-64(14)108)78(133-61(11)105)69(139-86)50-128-58(8)102/h53-54,67-71,75-83,86-88H,17-22,24-52H2,1-16H3,(H,90,111)(H,91,114)(H,92,115)(H,93,99)(H,94,100)(H,95,101)(H,96,112)(H,97,113)/t67-,68-,69+,70+,71+,75+,76+,77+,78-,79-,80-,81+,82+,83+,86+,87+,88+,142?/m0/s1. The predicted octanol–water partition coefficient (Wildman–Crippen LogP) is -2.28. The second kappa shape index (κ2) is 73.3. The van der Waals surface area contributed by atoms with E-state index in [2.05, 4.69) is 81.0 Å². The SMILES string of the molecule is CC(=O)N[C@H]1[C@H](OCCOCCNC(=O)CC[C@H](NC(=O)CC[C@H](NC(=O)CCOCCOCCOCCOCCOCCOCCOP(OCCC#N)N(C(C)C)C(C)C)C(=O)NCCOCCO[C@@H]2O[C@H](COC(C)=O)[C@H](OC(C)=O)[C@H](OC(C)=O)[C@H]2NC(C)=O)C(=O)NCCOCCO[C@@H]2O[C@H](COC(C)=O)[C@H](OC(C)=O)[C@H](OC(C)=O)[C@H]2NC(C)=O)O[C@H](COC(C)=O)[C@H](OC(C)=O)[C@@H]1OC(C)=O. The van der Waals surface area contributed by atoms with Crippen molar-refractivity contribution in [1.29, 1.82) is 5.26 Å². The maximum absolute atomic E-state index is 14.2. The molecule has 8 N–H and O–H groups in total. The number of hydrogen-bond acceptors (Lipinski definition) is 45. The molecule has 0 aromatic heterocycles. The topological polar surface area (TPSA) is 653 Å². The summed E-state index contributed by atoms with van der Waals surface area (Å²) >= 11 is 0. The normalized spacial score (nSPS) is 21.5. The van der Waals surface area contributed by atoms with E-state index in [1.54, 1.807) is 0 Å². The van der Waals surface area contributed by atoms with Gasteiger partial charge in [-0.25, -0.2) is 4.67 Å². The van der Waals surface area contributed by atoms with E-state index in [9.17, 15) is 81.5 Å². The van der Waals surface area contributed by atoms with Crippen LogP contribution in [-0.4, -0.2) is 413 Å². The number of carbonyl (C=O) groups excluding carboxylic acids is 17. The quantitative estimate of drug-likeness (QED) is 0.0138. The monoisotopic (exact) mass is 2060 g/mol. The molecule has 0 aromatic carbocycles. The number of nitrogens with one attached hydrogen (secondary N) is 8. The van der Waals surface area contributed by atoms with Crippen LogP contribution in [0.25, 0.3) is 0 Å². The molecular weight excluding hydrogens is 1920 g/mol. The van der Waals surface area contributed by atoms with Crippen LogP contribution in [0.2, 0.25) is 0 Å². The number of nitrogens with zero attached hydrogens (tertiary/aromatic N) is 2. The first-order chi connectivity index (χ1) is 67.6. The van der Waals surface area contributed by atoms with E-state index in [4.69, 9.17) is 128 Å². The van der Waals surface area contributed by atoms with Crippen molar-refractivity contribution in [2.45, 2.75) is 265 Å². The molecule has 3 aliphatic rings. The fourth-order valence-corrected chi connectivity index (χ4v) is 15.4. The lowest BCUT2D eigenvalue weighted by molar-refractivity contribution is -0.279. The molecule has 0 saturated carbocycles. The van der Waals surface area contributed by atoms with Gasteiger partial charge in [0.25, 0.3) is 8.53 Å². The van der Waals surface area contributed by atoms with Crippen LogP contribution in [0.4, 0.5) is 0 Å². The van der Waals surface area contributed by atoms with Crippen molar-refractivity contribution in [1.82, 2.24) is 47.2 Å². The Kier molecular flexibility index (Phi) is 65.2. The molecule has 53 nitrogen and oxygen atoms in total. The van der Waals surface area contributed by atoms with E-state index < -0.39 is 253 Å². The number of hydrogen-bond donors (Lipinski definition) is 8. The summed E-state index contributed by atoms with van der Waals surface area (Å²) in [6.07, 6.45) is -18.2. The van der Waals surface area contributed by atoms with E-state index in [1.807, 2.05) is 0 Å². The first kappa shape index (κ1) is 126. The molecule has 142 heavy (non-hydrogen) atoms. The lowest BCUT2D eigenvalue weighted by Crippen LogP contribution is -2.66. The van der Waals surface area contributed by atoms with Gasteiger partial charge in [-0.1, -0.05) is 0 Å². The summed E-state index contributed by atoms with van der Waals surface area (Å²) in [6, 6.07) is -4.33. The number of amides is 8. The van der Waals surface area contributed by atoms with Crippen molar-refractivity contribution < 1.29 is 204 Å². The second-order valence-electron chi connectivity index (χ2n) is 32.2. The van der Waals surface area contributed by atoms with Gasteiger partial charge in [0.2, 0.25) is 47.3 Å². The highest BCUT2D eigenvalue weighted by molar-refractivity contribution is 7.44. The molecule has 3 fully saturated rings. The third-order valence-corrected chi connectivity index (χ3v) is 21.6. The fraction of sp³-hybridized carbons (Fsp3) is 0.795. The first-order valence-corrected chi connectivity index (χ1v) is 47.6. The third kappa shape index (κ3) is 55.3. The minimum absolute atomic E-state index is 0.0536. The highest BCUT2D eigenvalue weighted by atomic mass is 31.2. The van der Waals surface area contributed by atoms with Gasteiger partial charge < -0.3 is 165 Å². The highest BCUT2D eigenvalue weighted by Crippen LogP contribution is 2.46. The maximum atomic E-state index is 14.2. The van der Waals surface area contributed by atoms with Gasteiger partial charge in [-0.05, 0) is 40.5 Å². The van der Waals surface area contributed by atoms with Crippen molar-refractivity contribution >= 4 is 110 Å². The van der Waals surface area contributed by atoms with Gasteiger partial charge in [-0.2, -0.15) is 5.26 Å².